The number of hydrogen-bond acceptors (Lipinski definition) is 4. The highest BCUT2D eigenvalue weighted by Gasteiger charge is 2.18. The summed E-state index contributed by atoms with van der Waals surface area (Å²) in [5.74, 6) is 0.464. The van der Waals surface area contributed by atoms with Crippen LogP contribution in [-0.4, -0.2) is 30.6 Å². The first-order chi connectivity index (χ1) is 8.72. The first-order valence-corrected chi connectivity index (χ1v) is 6.30. The molecule has 18 heavy (non-hydrogen) atoms. The van der Waals surface area contributed by atoms with Gasteiger partial charge in [0, 0.05) is 12.3 Å². The van der Waals surface area contributed by atoms with Crippen LogP contribution in [0.1, 0.15) is 30.2 Å². The Morgan fingerprint density at radius 1 is 1.44 bits per heavy atom. The van der Waals surface area contributed by atoms with Crippen molar-refractivity contribution in [2.24, 2.45) is 5.73 Å². The normalized spacial score (nSPS) is 13.4. The molecule has 0 amide bonds. The van der Waals surface area contributed by atoms with Crippen LogP contribution in [0.2, 0.25) is 0 Å². The highest BCUT2D eigenvalue weighted by molar-refractivity contribution is 5.97. The Hall–Kier alpha value is -1.62. The fourth-order valence-electron chi connectivity index (χ4n) is 2.10. The predicted molar refractivity (Wildman–Crippen MR) is 69.3 cm³/mol. The van der Waals surface area contributed by atoms with Gasteiger partial charge in [-0.15, -0.1) is 0 Å². The van der Waals surface area contributed by atoms with E-state index in [-0.39, 0.29) is 5.84 Å². The van der Waals surface area contributed by atoms with Crippen LogP contribution in [-0.2, 0) is 17.6 Å². The van der Waals surface area contributed by atoms with Crippen LogP contribution in [0.25, 0.3) is 0 Å². The molecule has 0 saturated heterocycles. The van der Waals surface area contributed by atoms with Gasteiger partial charge in [0.25, 0.3) is 0 Å². The van der Waals surface area contributed by atoms with Gasteiger partial charge in [0.05, 0.1) is 12.2 Å². The number of amidine groups is 1. The number of pyridine rings is 1. The van der Waals surface area contributed by atoms with Crippen LogP contribution in [0.15, 0.2) is 6.07 Å². The Labute approximate surface area is 107 Å². The molecule has 1 aliphatic carbocycles. The van der Waals surface area contributed by atoms with Crippen molar-refractivity contribution >= 4 is 5.84 Å². The fourth-order valence-corrected chi connectivity index (χ4v) is 2.10. The maximum Gasteiger partial charge on any atom is 0.224 e. The second kappa shape index (κ2) is 5.82. The molecule has 0 spiro atoms. The van der Waals surface area contributed by atoms with Gasteiger partial charge in [0.15, 0.2) is 0 Å². The summed E-state index contributed by atoms with van der Waals surface area (Å²) in [6.45, 7) is 3.56. The standard InChI is InChI=1S/C13H19N3O2/c1-2-17-6-7-18-13-10(12(14)15)8-9-4-3-5-11(9)16-13/h8H,2-7H2,1H3,(H3,14,15). The maximum absolute atomic E-state index is 7.58. The Morgan fingerprint density at radius 3 is 3.00 bits per heavy atom. The molecule has 0 saturated carbocycles. The quantitative estimate of drug-likeness (QED) is 0.452. The van der Waals surface area contributed by atoms with Crippen molar-refractivity contribution in [3.8, 4) is 5.88 Å². The molecule has 1 aliphatic rings. The summed E-state index contributed by atoms with van der Waals surface area (Å²) in [6.07, 6.45) is 3.11. The summed E-state index contributed by atoms with van der Waals surface area (Å²) >= 11 is 0. The average Bonchev–Trinajstić information content (AvgIpc) is 2.80. The Kier molecular flexibility index (Phi) is 4.15. The van der Waals surface area contributed by atoms with Gasteiger partial charge < -0.3 is 15.2 Å². The zero-order valence-electron chi connectivity index (χ0n) is 10.7. The molecular weight excluding hydrogens is 230 g/mol. The number of hydrogen-bond donors (Lipinski definition) is 2. The number of nitrogens with zero attached hydrogens (tertiary/aromatic N) is 1. The Morgan fingerprint density at radius 2 is 2.28 bits per heavy atom. The lowest BCUT2D eigenvalue weighted by molar-refractivity contribution is 0.108. The van der Waals surface area contributed by atoms with E-state index >= 15 is 0 Å². The van der Waals surface area contributed by atoms with Crippen LogP contribution in [0.5, 0.6) is 5.88 Å². The van der Waals surface area contributed by atoms with Gasteiger partial charge in [0.2, 0.25) is 5.88 Å². The number of nitrogens with one attached hydrogen (secondary N) is 1. The van der Waals surface area contributed by atoms with Crippen LogP contribution in [0, 0.1) is 5.41 Å². The zero-order valence-corrected chi connectivity index (χ0v) is 10.7. The molecule has 0 fully saturated rings. The van der Waals surface area contributed by atoms with Crippen molar-refractivity contribution in [1.29, 1.82) is 5.41 Å². The van der Waals surface area contributed by atoms with Crippen molar-refractivity contribution in [2.45, 2.75) is 26.2 Å². The summed E-state index contributed by atoms with van der Waals surface area (Å²) in [5.41, 5.74) is 8.43. The summed E-state index contributed by atoms with van der Waals surface area (Å²) in [6, 6.07) is 1.94. The van der Waals surface area contributed by atoms with Crippen LogP contribution < -0.4 is 10.5 Å². The molecule has 5 nitrogen and oxygen atoms in total. The molecule has 0 bridgehead atoms. The molecule has 0 aromatic carbocycles. The number of nitrogens with two attached hydrogens (primary N) is 1. The Balaban J connectivity index is 2.14. The Bertz CT molecular complexity index is 446. The van der Waals surface area contributed by atoms with Gasteiger partial charge in [-0.25, -0.2) is 4.98 Å². The molecule has 0 unspecified atom stereocenters. The van der Waals surface area contributed by atoms with Crippen molar-refractivity contribution in [1.82, 2.24) is 4.98 Å². The van der Waals surface area contributed by atoms with Gasteiger partial charge in [-0.1, -0.05) is 0 Å². The van der Waals surface area contributed by atoms with Crippen molar-refractivity contribution in [3.05, 3.63) is 22.9 Å². The number of nitrogen functional groups attached to an aromatic ring is 1. The molecule has 1 aromatic rings. The third-order valence-electron chi connectivity index (χ3n) is 2.98. The fraction of sp³-hybridized carbons (Fsp3) is 0.538. The monoisotopic (exact) mass is 249 g/mol. The lowest BCUT2D eigenvalue weighted by Crippen LogP contribution is -2.17. The van der Waals surface area contributed by atoms with Crippen LogP contribution >= 0.6 is 0 Å². The van der Waals surface area contributed by atoms with E-state index in [2.05, 4.69) is 4.98 Å². The smallest absolute Gasteiger partial charge is 0.224 e. The lowest BCUT2D eigenvalue weighted by Gasteiger charge is -2.11. The second-order valence-corrected chi connectivity index (χ2v) is 4.26. The topological polar surface area (TPSA) is 81.2 Å². The highest BCUT2D eigenvalue weighted by Crippen LogP contribution is 2.26. The number of ether oxygens (including phenoxy) is 2. The minimum atomic E-state index is 0.00334. The predicted octanol–water partition coefficient (Wildman–Crippen LogP) is 1.27. The maximum atomic E-state index is 7.58. The molecule has 0 atom stereocenters. The summed E-state index contributed by atoms with van der Waals surface area (Å²) in [7, 11) is 0. The summed E-state index contributed by atoms with van der Waals surface area (Å²) in [5, 5.41) is 7.58. The first-order valence-electron chi connectivity index (χ1n) is 6.30. The van der Waals surface area contributed by atoms with Gasteiger partial charge >= 0.3 is 0 Å². The van der Waals surface area contributed by atoms with Gasteiger partial charge in [-0.2, -0.15) is 0 Å². The van der Waals surface area contributed by atoms with Crippen molar-refractivity contribution < 1.29 is 9.47 Å². The number of rotatable bonds is 6. The van der Waals surface area contributed by atoms with Gasteiger partial charge in [-0.05, 0) is 37.8 Å². The minimum Gasteiger partial charge on any atom is -0.475 e. The number of aryl methyl sites for hydroxylation is 2. The largest absolute Gasteiger partial charge is 0.475 e. The lowest BCUT2D eigenvalue weighted by atomic mass is 10.1. The van der Waals surface area contributed by atoms with Crippen molar-refractivity contribution in [3.63, 3.8) is 0 Å². The van der Waals surface area contributed by atoms with E-state index in [0.29, 0.717) is 31.3 Å². The van der Waals surface area contributed by atoms with E-state index in [1.807, 2.05) is 13.0 Å². The first kappa shape index (κ1) is 12.8. The van der Waals surface area contributed by atoms with E-state index < -0.39 is 0 Å². The third-order valence-corrected chi connectivity index (χ3v) is 2.98. The number of aromatic nitrogens is 1. The minimum absolute atomic E-state index is 0.00334. The molecule has 1 aromatic heterocycles. The summed E-state index contributed by atoms with van der Waals surface area (Å²) in [4.78, 5) is 4.47. The van der Waals surface area contributed by atoms with Gasteiger partial charge in [-0.3, -0.25) is 5.41 Å². The third kappa shape index (κ3) is 2.79. The second-order valence-electron chi connectivity index (χ2n) is 4.26. The van der Waals surface area contributed by atoms with E-state index in [1.165, 1.54) is 5.56 Å². The average molecular weight is 249 g/mol. The van der Waals surface area contributed by atoms with E-state index in [1.54, 1.807) is 0 Å². The van der Waals surface area contributed by atoms with Gasteiger partial charge in [0.1, 0.15) is 12.4 Å². The van der Waals surface area contributed by atoms with Crippen LogP contribution in [0.3, 0.4) is 0 Å². The number of fused-ring (bicyclic) bond motifs is 1. The van der Waals surface area contributed by atoms with E-state index in [4.69, 9.17) is 20.6 Å². The molecule has 98 valence electrons. The van der Waals surface area contributed by atoms with E-state index in [9.17, 15) is 0 Å². The van der Waals surface area contributed by atoms with Crippen molar-refractivity contribution in [2.75, 3.05) is 19.8 Å². The molecular formula is C13H19N3O2. The molecule has 0 radical (unpaired) electrons. The van der Waals surface area contributed by atoms with Crippen LogP contribution in [0.4, 0.5) is 0 Å². The molecule has 3 N–H and O–H groups in total. The zero-order chi connectivity index (χ0) is 13.0. The molecule has 5 heteroatoms. The SMILES string of the molecule is CCOCCOc1nc2c(cc1C(=N)N)CCC2. The molecule has 2 rings (SSSR count). The highest BCUT2D eigenvalue weighted by atomic mass is 16.5. The van der Waals surface area contributed by atoms with E-state index in [0.717, 1.165) is 25.0 Å². The summed E-state index contributed by atoms with van der Waals surface area (Å²) < 4.78 is 10.8. The molecule has 1 heterocycles. The molecule has 0 aliphatic heterocycles.